The van der Waals surface area contributed by atoms with E-state index in [-0.39, 0.29) is 22.8 Å². The van der Waals surface area contributed by atoms with Crippen LogP contribution in [0.1, 0.15) is 31.1 Å². The van der Waals surface area contributed by atoms with E-state index in [4.69, 9.17) is 4.74 Å². The van der Waals surface area contributed by atoms with Gasteiger partial charge in [0, 0.05) is 16.9 Å². The molecule has 1 amide bonds. The van der Waals surface area contributed by atoms with Crippen molar-refractivity contribution in [3.63, 3.8) is 0 Å². The van der Waals surface area contributed by atoms with Gasteiger partial charge in [-0.15, -0.1) is 0 Å². The van der Waals surface area contributed by atoms with E-state index in [0.717, 1.165) is 11.1 Å². The van der Waals surface area contributed by atoms with Gasteiger partial charge < -0.3 is 4.74 Å². The highest BCUT2D eigenvalue weighted by Gasteiger charge is 2.25. The van der Waals surface area contributed by atoms with Crippen LogP contribution in [0.4, 0.5) is 11.4 Å². The summed E-state index contributed by atoms with van der Waals surface area (Å²) in [5.41, 5.74) is 4.05. The molecule has 0 saturated heterocycles. The van der Waals surface area contributed by atoms with Crippen LogP contribution in [0.2, 0.25) is 0 Å². The van der Waals surface area contributed by atoms with E-state index in [1.54, 1.807) is 35.2 Å². The van der Waals surface area contributed by atoms with E-state index >= 15 is 0 Å². The molecule has 39 heavy (non-hydrogen) atoms. The van der Waals surface area contributed by atoms with Crippen molar-refractivity contribution in [3.8, 4) is 11.1 Å². The summed E-state index contributed by atoms with van der Waals surface area (Å²) in [7, 11) is 0. The van der Waals surface area contributed by atoms with Crippen LogP contribution in [-0.2, 0) is 4.74 Å². The van der Waals surface area contributed by atoms with Crippen molar-refractivity contribution in [1.82, 2.24) is 0 Å². The van der Waals surface area contributed by atoms with Gasteiger partial charge in [-0.3, -0.25) is 14.5 Å². The van der Waals surface area contributed by atoms with Gasteiger partial charge in [0.15, 0.2) is 12.4 Å². The number of esters is 1. The zero-order valence-electron chi connectivity index (χ0n) is 21.1. The molecule has 0 spiro atoms. The summed E-state index contributed by atoms with van der Waals surface area (Å²) >= 11 is 0. The molecule has 0 aliphatic carbocycles. The van der Waals surface area contributed by atoms with Crippen molar-refractivity contribution < 1.29 is 19.1 Å². The Hall–Kier alpha value is -5.29. The molecule has 5 aromatic carbocycles. The first kappa shape index (κ1) is 25.4. The van der Waals surface area contributed by atoms with Gasteiger partial charge in [-0.1, -0.05) is 103 Å². The predicted octanol–water partition coefficient (Wildman–Crippen LogP) is 7.37. The smallest absolute Gasteiger partial charge is 0.339 e. The highest BCUT2D eigenvalue weighted by atomic mass is 16.5. The van der Waals surface area contributed by atoms with Crippen LogP contribution in [-0.4, -0.2) is 24.3 Å². The molecule has 5 heteroatoms. The highest BCUT2D eigenvalue weighted by molar-refractivity contribution is 6.15. The van der Waals surface area contributed by atoms with Gasteiger partial charge in [0.1, 0.15) is 0 Å². The Balaban J connectivity index is 1.34. The lowest BCUT2D eigenvalue weighted by Crippen LogP contribution is -2.28. The number of ether oxygens (including phenoxy) is 1. The largest absolute Gasteiger partial charge is 0.454 e. The van der Waals surface area contributed by atoms with Gasteiger partial charge in [0.2, 0.25) is 0 Å². The van der Waals surface area contributed by atoms with Gasteiger partial charge in [0.25, 0.3) is 5.91 Å². The molecular formula is C34H25NO4. The molecule has 0 aliphatic heterocycles. The van der Waals surface area contributed by atoms with Gasteiger partial charge in [-0.05, 0) is 47.5 Å². The molecule has 0 atom stereocenters. The molecule has 5 nitrogen and oxygen atoms in total. The van der Waals surface area contributed by atoms with Crippen LogP contribution in [0.25, 0.3) is 11.1 Å². The zero-order chi connectivity index (χ0) is 27.0. The topological polar surface area (TPSA) is 63.7 Å². The second-order valence-corrected chi connectivity index (χ2v) is 8.80. The van der Waals surface area contributed by atoms with Gasteiger partial charge in [0.05, 0.1) is 11.1 Å². The van der Waals surface area contributed by atoms with E-state index in [2.05, 4.69) is 0 Å². The number of amides is 1. The van der Waals surface area contributed by atoms with Gasteiger partial charge in [-0.25, -0.2) is 4.79 Å². The standard InChI is InChI=1S/C34H25NO4/c36-32(27-22-20-26(21-23-27)25-12-4-1-5-13-25)24-39-34(38)31-19-11-10-18-30(31)33(37)35(28-14-6-2-7-15-28)29-16-8-3-9-17-29/h1-23H,24H2. The number of hydrogen-bond acceptors (Lipinski definition) is 4. The highest BCUT2D eigenvalue weighted by Crippen LogP contribution is 2.28. The van der Waals surface area contributed by atoms with Crippen molar-refractivity contribution >= 4 is 29.0 Å². The van der Waals surface area contributed by atoms with E-state index < -0.39 is 12.6 Å². The Morgan fingerprint density at radius 1 is 0.513 bits per heavy atom. The summed E-state index contributed by atoms with van der Waals surface area (Å²) in [5.74, 6) is -1.46. The number of nitrogens with zero attached hydrogens (tertiary/aromatic N) is 1. The minimum atomic E-state index is -0.741. The van der Waals surface area contributed by atoms with Crippen molar-refractivity contribution in [2.75, 3.05) is 11.5 Å². The molecule has 0 saturated carbocycles. The Bertz CT molecular complexity index is 1540. The second-order valence-electron chi connectivity index (χ2n) is 8.80. The molecule has 0 aromatic heterocycles. The number of Topliss-reactive ketones (excluding diaryl/α,β-unsaturated/α-hetero) is 1. The fraction of sp³-hybridized carbons (Fsp3) is 0.0294. The molecule has 5 aromatic rings. The first-order valence-corrected chi connectivity index (χ1v) is 12.5. The minimum Gasteiger partial charge on any atom is -0.454 e. The first-order valence-electron chi connectivity index (χ1n) is 12.5. The Labute approximate surface area is 226 Å². The zero-order valence-corrected chi connectivity index (χ0v) is 21.1. The fourth-order valence-corrected chi connectivity index (χ4v) is 4.28. The van der Waals surface area contributed by atoms with Crippen LogP contribution < -0.4 is 4.90 Å². The van der Waals surface area contributed by atoms with Crippen LogP contribution in [0.15, 0.2) is 140 Å². The Morgan fingerprint density at radius 3 is 1.54 bits per heavy atom. The van der Waals surface area contributed by atoms with E-state index in [0.29, 0.717) is 16.9 Å². The molecular weight excluding hydrogens is 486 g/mol. The van der Waals surface area contributed by atoms with Crippen molar-refractivity contribution in [2.24, 2.45) is 0 Å². The molecule has 0 aliphatic rings. The first-order chi connectivity index (χ1) is 19.1. The van der Waals surface area contributed by atoms with Gasteiger partial charge >= 0.3 is 5.97 Å². The average Bonchev–Trinajstić information content (AvgIpc) is 3.01. The molecule has 0 fully saturated rings. The van der Waals surface area contributed by atoms with Crippen molar-refractivity contribution in [3.05, 3.63) is 156 Å². The van der Waals surface area contributed by atoms with Crippen molar-refractivity contribution in [1.29, 1.82) is 0 Å². The number of rotatable bonds is 8. The maximum Gasteiger partial charge on any atom is 0.339 e. The number of carbonyl (C=O) groups excluding carboxylic acids is 3. The maximum absolute atomic E-state index is 13.8. The monoisotopic (exact) mass is 511 g/mol. The predicted molar refractivity (Wildman–Crippen MR) is 152 cm³/mol. The number of ketones is 1. The molecule has 190 valence electrons. The summed E-state index contributed by atoms with van der Waals surface area (Å²) in [4.78, 5) is 41.2. The normalized spacial score (nSPS) is 10.5. The third-order valence-corrected chi connectivity index (χ3v) is 6.26. The molecule has 0 unspecified atom stereocenters. The third-order valence-electron chi connectivity index (χ3n) is 6.26. The quantitative estimate of drug-likeness (QED) is 0.161. The molecule has 5 rings (SSSR count). The van der Waals surface area contributed by atoms with E-state index in [1.807, 2.05) is 103 Å². The molecule has 0 radical (unpaired) electrons. The summed E-state index contributed by atoms with van der Waals surface area (Å²) in [5, 5.41) is 0. The summed E-state index contributed by atoms with van der Waals surface area (Å²) in [6.07, 6.45) is 0. The van der Waals surface area contributed by atoms with Crippen LogP contribution >= 0.6 is 0 Å². The van der Waals surface area contributed by atoms with E-state index in [9.17, 15) is 14.4 Å². The lowest BCUT2D eigenvalue weighted by Gasteiger charge is -2.24. The van der Waals surface area contributed by atoms with Crippen LogP contribution in [0.3, 0.4) is 0 Å². The summed E-state index contributed by atoms with van der Waals surface area (Å²) in [6, 6.07) is 41.9. The lowest BCUT2D eigenvalue weighted by atomic mass is 10.0. The Kier molecular flexibility index (Phi) is 7.70. The van der Waals surface area contributed by atoms with E-state index in [1.165, 1.54) is 6.07 Å². The summed E-state index contributed by atoms with van der Waals surface area (Å²) in [6.45, 7) is -0.437. The van der Waals surface area contributed by atoms with Crippen LogP contribution in [0, 0.1) is 0 Å². The SMILES string of the molecule is O=C(COC(=O)c1ccccc1C(=O)N(c1ccccc1)c1ccccc1)c1ccc(-c2ccccc2)cc1. The number of carbonyl (C=O) groups is 3. The lowest BCUT2D eigenvalue weighted by molar-refractivity contribution is 0.0472. The average molecular weight is 512 g/mol. The number of hydrogen-bond donors (Lipinski definition) is 0. The molecule has 0 bridgehead atoms. The third kappa shape index (κ3) is 5.84. The van der Waals surface area contributed by atoms with Gasteiger partial charge in [-0.2, -0.15) is 0 Å². The minimum absolute atomic E-state index is 0.0894. The molecule has 0 heterocycles. The number of para-hydroxylation sites is 2. The maximum atomic E-state index is 13.8. The number of anilines is 2. The number of benzene rings is 5. The summed E-state index contributed by atoms with van der Waals surface area (Å²) < 4.78 is 5.38. The Morgan fingerprint density at radius 2 is 0.974 bits per heavy atom. The molecule has 0 N–H and O–H groups in total. The fourth-order valence-electron chi connectivity index (χ4n) is 4.28. The second kappa shape index (κ2) is 11.8. The van der Waals surface area contributed by atoms with Crippen LogP contribution in [0.5, 0.6) is 0 Å². The van der Waals surface area contributed by atoms with Crippen molar-refractivity contribution in [2.45, 2.75) is 0 Å².